The summed E-state index contributed by atoms with van der Waals surface area (Å²) < 4.78 is 10.2. The number of rotatable bonds is 8. The van der Waals surface area contributed by atoms with Gasteiger partial charge in [0.25, 0.3) is 0 Å². The van der Waals surface area contributed by atoms with Crippen LogP contribution in [-0.4, -0.2) is 62.1 Å². The summed E-state index contributed by atoms with van der Waals surface area (Å²) in [4.78, 5) is 32.8. The number of nitriles is 1. The first kappa shape index (κ1) is 29.6. The molecular weight excluding hydrogens is 542 g/mol. The van der Waals surface area contributed by atoms with Crippen LogP contribution in [0.2, 0.25) is 0 Å². The molecule has 1 unspecified atom stereocenters. The van der Waals surface area contributed by atoms with E-state index in [1.165, 1.54) is 24.7 Å². The third kappa shape index (κ3) is 6.31. The van der Waals surface area contributed by atoms with E-state index >= 15 is 0 Å². The summed E-state index contributed by atoms with van der Waals surface area (Å²) in [5.74, 6) is -2.36. The van der Waals surface area contributed by atoms with Crippen LogP contribution in [0.3, 0.4) is 0 Å². The van der Waals surface area contributed by atoms with Gasteiger partial charge in [0, 0.05) is 45.0 Å². The van der Waals surface area contributed by atoms with Crippen LogP contribution in [-0.2, 0) is 32.2 Å². The highest BCUT2D eigenvalue weighted by atomic mass is 16.5. The molecule has 0 aliphatic carbocycles. The maximum atomic E-state index is 13.3. The molecule has 0 bridgehead atoms. The molecule has 0 aromatic heterocycles. The molecule has 0 radical (unpaired) electrons. The molecule has 1 fully saturated rings. The van der Waals surface area contributed by atoms with E-state index in [9.17, 15) is 14.9 Å². The predicted molar refractivity (Wildman–Crippen MR) is 163 cm³/mol. The van der Waals surface area contributed by atoms with Crippen molar-refractivity contribution in [1.82, 2.24) is 9.80 Å². The molecular formula is C34H35N5O4. The van der Waals surface area contributed by atoms with Gasteiger partial charge in [-0.2, -0.15) is 5.26 Å². The van der Waals surface area contributed by atoms with Gasteiger partial charge < -0.3 is 15.2 Å². The summed E-state index contributed by atoms with van der Waals surface area (Å²) in [7, 11) is 2.48. The Morgan fingerprint density at radius 1 is 0.791 bits per heavy atom. The van der Waals surface area contributed by atoms with Gasteiger partial charge in [0.15, 0.2) is 0 Å². The van der Waals surface area contributed by atoms with Crippen molar-refractivity contribution in [3.63, 3.8) is 0 Å². The van der Waals surface area contributed by atoms with Crippen LogP contribution < -0.4 is 10.6 Å². The van der Waals surface area contributed by atoms with E-state index in [1.54, 1.807) is 24.3 Å². The average Bonchev–Trinajstić information content (AvgIpc) is 3.05. The van der Waals surface area contributed by atoms with Gasteiger partial charge in [0.05, 0.1) is 37.4 Å². The number of hydrogen-bond acceptors (Lipinski definition) is 9. The predicted octanol–water partition coefficient (Wildman–Crippen LogP) is 3.90. The third-order valence-corrected chi connectivity index (χ3v) is 7.92. The minimum absolute atomic E-state index is 0.0104. The zero-order chi connectivity index (χ0) is 30.3. The van der Waals surface area contributed by atoms with Crippen LogP contribution in [0.5, 0.6) is 0 Å². The molecule has 9 heteroatoms. The first-order valence-corrected chi connectivity index (χ1v) is 14.2. The summed E-state index contributed by atoms with van der Waals surface area (Å²) in [6, 6.07) is 29.3. The Hall–Kier alpha value is -4.91. The van der Waals surface area contributed by atoms with Gasteiger partial charge in [-0.3, -0.25) is 14.7 Å². The first-order chi connectivity index (χ1) is 20.9. The van der Waals surface area contributed by atoms with Crippen LogP contribution >= 0.6 is 0 Å². The quantitative estimate of drug-likeness (QED) is 0.399. The van der Waals surface area contributed by atoms with Gasteiger partial charge in [0.1, 0.15) is 11.5 Å². The van der Waals surface area contributed by atoms with Gasteiger partial charge in [-0.15, -0.1) is 0 Å². The molecule has 0 amide bonds. The van der Waals surface area contributed by atoms with Crippen LogP contribution in [0.25, 0.3) is 0 Å². The number of ether oxygens (including phenoxy) is 2. The molecule has 220 valence electrons. The number of carbonyl (C=O) groups is 2. The molecule has 2 heterocycles. The average molecular weight is 578 g/mol. The normalized spacial score (nSPS) is 17.9. The van der Waals surface area contributed by atoms with Crippen LogP contribution in [0.4, 0.5) is 5.69 Å². The van der Waals surface area contributed by atoms with E-state index in [2.05, 4.69) is 40.1 Å². The number of nitrogens with zero attached hydrogens (tertiary/aromatic N) is 4. The van der Waals surface area contributed by atoms with Gasteiger partial charge in [0.2, 0.25) is 0 Å². The summed E-state index contributed by atoms with van der Waals surface area (Å²) in [6.45, 7) is 5.63. The van der Waals surface area contributed by atoms with Crippen molar-refractivity contribution in [2.45, 2.75) is 19.0 Å². The number of methoxy groups -OCH3 is 2. The molecule has 0 saturated carbocycles. The minimum atomic E-state index is -0.899. The van der Waals surface area contributed by atoms with Crippen molar-refractivity contribution in [2.24, 2.45) is 5.73 Å². The largest absolute Gasteiger partial charge is 0.466 e. The second kappa shape index (κ2) is 13.4. The molecule has 1 atom stereocenters. The summed E-state index contributed by atoms with van der Waals surface area (Å²) in [6.07, 6.45) is 0. The van der Waals surface area contributed by atoms with E-state index in [4.69, 9.17) is 15.2 Å². The first-order valence-electron chi connectivity index (χ1n) is 14.2. The lowest BCUT2D eigenvalue weighted by molar-refractivity contribution is -0.139. The lowest BCUT2D eigenvalue weighted by atomic mass is 9.81. The Morgan fingerprint density at radius 2 is 1.30 bits per heavy atom. The Morgan fingerprint density at radius 3 is 1.81 bits per heavy atom. The van der Waals surface area contributed by atoms with Crippen molar-refractivity contribution < 1.29 is 19.1 Å². The molecule has 2 aliphatic heterocycles. The zero-order valence-electron chi connectivity index (χ0n) is 24.4. The molecule has 5 rings (SSSR count). The van der Waals surface area contributed by atoms with Crippen molar-refractivity contribution in [2.75, 3.05) is 45.3 Å². The van der Waals surface area contributed by atoms with Crippen molar-refractivity contribution in [1.29, 1.82) is 5.26 Å². The number of hydrogen-bond donors (Lipinski definition) is 1. The van der Waals surface area contributed by atoms with Crippen LogP contribution in [0.15, 0.2) is 108 Å². The smallest absolute Gasteiger partial charge is 0.355 e. The second-order valence-electron chi connectivity index (χ2n) is 10.5. The Balaban J connectivity index is 1.40. The number of anilines is 1. The molecule has 1 saturated heterocycles. The van der Waals surface area contributed by atoms with E-state index < -0.39 is 17.9 Å². The van der Waals surface area contributed by atoms with E-state index in [1.807, 2.05) is 36.4 Å². The van der Waals surface area contributed by atoms with Crippen LogP contribution in [0, 0.1) is 11.3 Å². The Labute approximate surface area is 252 Å². The standard InChI is InChI=1S/C34H35N5O4/c1-42-33(40)30-29(26-11-7-4-8-12-26)28(21-35)32(36)39(31(30)34(41)43-2)27-15-13-25(14-16-27)23-38-19-17-37(18-20-38)22-24-9-5-3-6-10-24/h3-16,29H,17-20,22-23,36H2,1-2H3. The number of allylic oxidation sites excluding steroid dienone is 1. The molecule has 43 heavy (non-hydrogen) atoms. The van der Waals surface area contributed by atoms with Gasteiger partial charge >= 0.3 is 11.9 Å². The van der Waals surface area contributed by atoms with Gasteiger partial charge in [-0.05, 0) is 28.8 Å². The summed E-state index contributed by atoms with van der Waals surface area (Å²) >= 11 is 0. The maximum Gasteiger partial charge on any atom is 0.355 e. The molecule has 0 spiro atoms. The zero-order valence-corrected chi connectivity index (χ0v) is 24.4. The number of carbonyl (C=O) groups excluding carboxylic acids is 2. The lowest BCUT2D eigenvalue weighted by Gasteiger charge is -2.36. The van der Waals surface area contributed by atoms with E-state index in [0.29, 0.717) is 11.3 Å². The number of piperazine rings is 1. The number of esters is 2. The summed E-state index contributed by atoms with van der Waals surface area (Å²) in [5.41, 5.74) is 10.2. The number of benzene rings is 3. The molecule has 2 aliphatic rings. The molecule has 3 aromatic rings. The fourth-order valence-electron chi connectivity index (χ4n) is 5.74. The number of nitrogens with two attached hydrogens (primary N) is 1. The van der Waals surface area contributed by atoms with Crippen LogP contribution in [0.1, 0.15) is 22.6 Å². The molecule has 2 N–H and O–H groups in total. The minimum Gasteiger partial charge on any atom is -0.466 e. The highest BCUT2D eigenvalue weighted by molar-refractivity contribution is 6.06. The van der Waals surface area contributed by atoms with Crippen molar-refractivity contribution in [3.8, 4) is 6.07 Å². The van der Waals surface area contributed by atoms with Gasteiger partial charge in [-0.1, -0.05) is 72.8 Å². The van der Waals surface area contributed by atoms with Crippen molar-refractivity contribution in [3.05, 3.63) is 124 Å². The van der Waals surface area contributed by atoms with E-state index in [0.717, 1.165) is 44.8 Å². The molecule has 3 aromatic carbocycles. The highest BCUT2D eigenvalue weighted by Gasteiger charge is 2.43. The topological polar surface area (TPSA) is 112 Å². The van der Waals surface area contributed by atoms with Crippen molar-refractivity contribution >= 4 is 17.6 Å². The monoisotopic (exact) mass is 577 g/mol. The van der Waals surface area contributed by atoms with Gasteiger partial charge in [-0.25, -0.2) is 9.59 Å². The summed E-state index contributed by atoms with van der Waals surface area (Å²) in [5, 5.41) is 10.2. The second-order valence-corrected chi connectivity index (χ2v) is 10.5. The fourth-order valence-corrected chi connectivity index (χ4v) is 5.74. The molecule has 9 nitrogen and oxygen atoms in total. The lowest BCUT2D eigenvalue weighted by Crippen LogP contribution is -2.45. The maximum absolute atomic E-state index is 13.3. The Kier molecular flexibility index (Phi) is 9.20. The Bertz CT molecular complexity index is 1550. The highest BCUT2D eigenvalue weighted by Crippen LogP contribution is 2.43. The van der Waals surface area contributed by atoms with E-state index in [-0.39, 0.29) is 22.7 Å². The third-order valence-electron chi connectivity index (χ3n) is 7.92. The SMILES string of the molecule is COC(=O)C1=C(C(=O)OC)N(c2ccc(CN3CCN(Cc4ccccc4)CC3)cc2)C(N)=C(C#N)C1c1ccccc1. The fraction of sp³-hybridized carbons (Fsp3) is 0.265.